The minimum absolute atomic E-state index is 0.148. The first-order valence-corrected chi connectivity index (χ1v) is 9.17. The highest BCUT2D eigenvalue weighted by Gasteiger charge is 2.33. The van der Waals surface area contributed by atoms with Gasteiger partial charge in [0.25, 0.3) is 5.91 Å². The van der Waals surface area contributed by atoms with Crippen molar-refractivity contribution in [3.8, 4) is 0 Å². The maximum Gasteiger partial charge on any atom is 0.260 e. The van der Waals surface area contributed by atoms with Crippen LogP contribution in [0.3, 0.4) is 0 Å². The molecule has 0 unspecified atom stereocenters. The molecule has 1 aliphatic rings. The minimum atomic E-state index is -1.09. The molecule has 142 valence electrons. The van der Waals surface area contributed by atoms with Crippen molar-refractivity contribution < 1.29 is 27.2 Å². The predicted octanol–water partition coefficient (Wildman–Crippen LogP) is 4.56. The SMILES string of the molecule is O=C(c1ccc(F)cc1)N1CCCC[C@@H](Sc2c(F)cc(F)cc2F)C1=O. The smallest absolute Gasteiger partial charge is 0.260 e. The van der Waals surface area contributed by atoms with Crippen molar-refractivity contribution in [1.82, 2.24) is 4.90 Å². The number of nitrogens with zero attached hydrogens (tertiary/aromatic N) is 1. The number of amides is 2. The minimum Gasteiger partial charge on any atom is -0.278 e. The maximum absolute atomic E-state index is 13.9. The lowest BCUT2D eigenvalue weighted by molar-refractivity contribution is -0.127. The van der Waals surface area contributed by atoms with Crippen molar-refractivity contribution in [2.75, 3.05) is 6.54 Å². The third-order valence-electron chi connectivity index (χ3n) is 4.20. The van der Waals surface area contributed by atoms with Crippen LogP contribution in [0.4, 0.5) is 17.6 Å². The van der Waals surface area contributed by atoms with Crippen molar-refractivity contribution in [3.63, 3.8) is 0 Å². The first kappa shape index (κ1) is 19.4. The topological polar surface area (TPSA) is 37.4 Å². The quantitative estimate of drug-likeness (QED) is 0.563. The number of halogens is 4. The Hall–Kier alpha value is -2.35. The summed E-state index contributed by atoms with van der Waals surface area (Å²) in [6.07, 6.45) is 1.46. The Kier molecular flexibility index (Phi) is 5.84. The van der Waals surface area contributed by atoms with Gasteiger partial charge in [-0.05, 0) is 37.1 Å². The first-order valence-electron chi connectivity index (χ1n) is 8.29. The molecule has 1 heterocycles. The zero-order valence-electron chi connectivity index (χ0n) is 14.1. The monoisotopic (exact) mass is 397 g/mol. The highest BCUT2D eigenvalue weighted by atomic mass is 32.2. The van der Waals surface area contributed by atoms with Crippen molar-refractivity contribution in [2.24, 2.45) is 0 Å². The molecule has 0 saturated carbocycles. The normalized spacial score (nSPS) is 17.7. The molecule has 3 rings (SSSR count). The van der Waals surface area contributed by atoms with Gasteiger partial charge in [0.2, 0.25) is 5.91 Å². The van der Waals surface area contributed by atoms with Crippen LogP contribution in [0.1, 0.15) is 29.6 Å². The van der Waals surface area contributed by atoms with Crippen LogP contribution >= 0.6 is 11.8 Å². The van der Waals surface area contributed by atoms with E-state index in [1.807, 2.05) is 0 Å². The second-order valence-electron chi connectivity index (χ2n) is 6.10. The largest absolute Gasteiger partial charge is 0.278 e. The van der Waals surface area contributed by atoms with Crippen LogP contribution in [0.2, 0.25) is 0 Å². The Morgan fingerprint density at radius 2 is 1.59 bits per heavy atom. The van der Waals surface area contributed by atoms with Gasteiger partial charge in [0.15, 0.2) is 0 Å². The highest BCUT2D eigenvalue weighted by molar-refractivity contribution is 8.00. The molecule has 0 bridgehead atoms. The number of rotatable bonds is 3. The Bertz CT molecular complexity index is 850. The average Bonchev–Trinajstić information content (AvgIpc) is 2.80. The predicted molar refractivity (Wildman–Crippen MR) is 92.3 cm³/mol. The average molecular weight is 397 g/mol. The molecule has 1 aliphatic heterocycles. The summed E-state index contributed by atoms with van der Waals surface area (Å²) in [5, 5.41) is -0.883. The zero-order valence-corrected chi connectivity index (χ0v) is 14.9. The van der Waals surface area contributed by atoms with Gasteiger partial charge < -0.3 is 0 Å². The van der Waals surface area contributed by atoms with Crippen molar-refractivity contribution in [1.29, 1.82) is 0 Å². The molecule has 3 nitrogen and oxygen atoms in total. The lowest BCUT2D eigenvalue weighted by Gasteiger charge is -2.22. The molecule has 1 fully saturated rings. The summed E-state index contributed by atoms with van der Waals surface area (Å²) in [6.45, 7) is 0.167. The van der Waals surface area contributed by atoms with Gasteiger partial charge in [-0.15, -0.1) is 11.8 Å². The fourth-order valence-electron chi connectivity index (χ4n) is 2.85. The van der Waals surface area contributed by atoms with Gasteiger partial charge in [0.05, 0.1) is 10.1 Å². The molecule has 2 aromatic rings. The fourth-order valence-corrected chi connectivity index (χ4v) is 3.99. The van der Waals surface area contributed by atoms with E-state index in [4.69, 9.17) is 0 Å². The van der Waals surface area contributed by atoms with Crippen LogP contribution in [0.25, 0.3) is 0 Å². The molecule has 2 amide bonds. The summed E-state index contributed by atoms with van der Waals surface area (Å²) in [6, 6.07) is 5.88. The van der Waals surface area contributed by atoms with Crippen LogP contribution in [0, 0.1) is 23.3 Å². The second-order valence-corrected chi connectivity index (χ2v) is 7.32. The number of carbonyl (C=O) groups excluding carboxylic acids is 2. The standard InChI is InChI=1S/C19H15F4NO2S/c20-12-6-4-11(5-7-12)18(25)24-8-2-1-3-16(19(24)26)27-17-14(22)9-13(21)10-15(17)23/h4-7,9-10,16H,1-3,8H2/t16-/m1/s1. The lowest BCUT2D eigenvalue weighted by atomic mass is 10.2. The summed E-state index contributed by atoms with van der Waals surface area (Å²) in [5.74, 6) is -4.90. The van der Waals surface area contributed by atoms with Crippen LogP contribution < -0.4 is 0 Å². The molecule has 27 heavy (non-hydrogen) atoms. The Labute approximate surface area is 157 Å². The summed E-state index contributed by atoms with van der Waals surface area (Å²) < 4.78 is 54.0. The summed E-state index contributed by atoms with van der Waals surface area (Å²) in [5.41, 5.74) is 0.148. The number of imide groups is 1. The molecule has 1 saturated heterocycles. The van der Waals surface area contributed by atoms with E-state index in [9.17, 15) is 27.2 Å². The van der Waals surface area contributed by atoms with Gasteiger partial charge >= 0.3 is 0 Å². The van der Waals surface area contributed by atoms with E-state index < -0.39 is 45.2 Å². The van der Waals surface area contributed by atoms with Gasteiger partial charge in [-0.25, -0.2) is 17.6 Å². The van der Waals surface area contributed by atoms with E-state index in [1.165, 1.54) is 12.1 Å². The third kappa shape index (κ3) is 4.32. The number of likely N-dealkylation sites (tertiary alicyclic amines) is 1. The van der Waals surface area contributed by atoms with Crippen LogP contribution in [-0.4, -0.2) is 28.5 Å². The van der Waals surface area contributed by atoms with E-state index in [2.05, 4.69) is 0 Å². The highest BCUT2D eigenvalue weighted by Crippen LogP contribution is 2.34. The van der Waals surface area contributed by atoms with Crippen molar-refractivity contribution in [2.45, 2.75) is 29.4 Å². The van der Waals surface area contributed by atoms with E-state index in [0.29, 0.717) is 43.2 Å². The molecule has 8 heteroatoms. The maximum atomic E-state index is 13.9. The number of hydrogen-bond donors (Lipinski definition) is 0. The molecule has 0 aromatic heterocycles. The number of thioether (sulfide) groups is 1. The molecular weight excluding hydrogens is 382 g/mol. The van der Waals surface area contributed by atoms with Crippen LogP contribution in [0.5, 0.6) is 0 Å². The molecule has 0 spiro atoms. The molecular formula is C19H15F4NO2S. The molecule has 1 atom stereocenters. The fraction of sp³-hybridized carbons (Fsp3) is 0.263. The van der Waals surface area contributed by atoms with E-state index in [-0.39, 0.29) is 12.1 Å². The summed E-state index contributed by atoms with van der Waals surface area (Å²) in [7, 11) is 0. The molecule has 2 aromatic carbocycles. The Morgan fingerprint density at radius 3 is 2.22 bits per heavy atom. The van der Waals surface area contributed by atoms with Gasteiger partial charge in [-0.2, -0.15) is 0 Å². The molecule has 0 aliphatic carbocycles. The lowest BCUT2D eigenvalue weighted by Crippen LogP contribution is -2.41. The first-order chi connectivity index (χ1) is 12.9. The van der Waals surface area contributed by atoms with Gasteiger partial charge in [0, 0.05) is 24.2 Å². The van der Waals surface area contributed by atoms with Crippen molar-refractivity contribution >= 4 is 23.6 Å². The number of benzene rings is 2. The van der Waals surface area contributed by atoms with Crippen LogP contribution in [0.15, 0.2) is 41.3 Å². The summed E-state index contributed by atoms with van der Waals surface area (Å²) >= 11 is 0.647. The van der Waals surface area contributed by atoms with E-state index in [1.54, 1.807) is 0 Å². The number of hydrogen-bond acceptors (Lipinski definition) is 3. The van der Waals surface area contributed by atoms with Crippen molar-refractivity contribution in [3.05, 3.63) is 65.2 Å². The van der Waals surface area contributed by atoms with E-state index in [0.717, 1.165) is 17.0 Å². The summed E-state index contributed by atoms with van der Waals surface area (Å²) in [4.78, 5) is 26.0. The second kappa shape index (κ2) is 8.12. The third-order valence-corrected chi connectivity index (χ3v) is 5.55. The Morgan fingerprint density at radius 1 is 0.963 bits per heavy atom. The van der Waals surface area contributed by atoms with E-state index >= 15 is 0 Å². The van der Waals surface area contributed by atoms with Gasteiger partial charge in [-0.3, -0.25) is 14.5 Å². The molecule has 0 radical (unpaired) electrons. The van der Waals surface area contributed by atoms with Gasteiger partial charge in [0.1, 0.15) is 23.3 Å². The number of carbonyl (C=O) groups is 2. The van der Waals surface area contributed by atoms with Gasteiger partial charge in [-0.1, -0.05) is 6.42 Å². The van der Waals surface area contributed by atoms with Crippen LogP contribution in [-0.2, 0) is 4.79 Å². The Balaban J connectivity index is 1.84. The molecule has 0 N–H and O–H groups in total. The zero-order chi connectivity index (χ0) is 19.6.